The van der Waals surface area contributed by atoms with E-state index in [-0.39, 0.29) is 0 Å². The molecule has 82 valence electrons. The van der Waals surface area contributed by atoms with E-state index in [2.05, 4.69) is 11.8 Å². The molecule has 1 rings (SSSR count). The van der Waals surface area contributed by atoms with Crippen molar-refractivity contribution in [2.45, 2.75) is 32.6 Å². The lowest BCUT2D eigenvalue weighted by molar-refractivity contribution is -0.119. The Kier molecular flexibility index (Phi) is 5.80. The first-order valence-corrected chi connectivity index (χ1v) is 5.64. The van der Waals surface area contributed by atoms with Crippen molar-refractivity contribution in [3.63, 3.8) is 0 Å². The van der Waals surface area contributed by atoms with Gasteiger partial charge in [0, 0.05) is 25.9 Å². The van der Waals surface area contributed by atoms with Gasteiger partial charge in [0.1, 0.15) is 5.78 Å². The van der Waals surface area contributed by atoms with Gasteiger partial charge in [-0.1, -0.05) is 6.92 Å². The Morgan fingerprint density at radius 2 is 2.00 bits per heavy atom. The first kappa shape index (κ1) is 11.7. The molecule has 0 radical (unpaired) electrons. The molecule has 1 aliphatic heterocycles. The summed E-state index contributed by atoms with van der Waals surface area (Å²) in [6, 6.07) is 0. The fourth-order valence-electron chi connectivity index (χ4n) is 1.73. The summed E-state index contributed by atoms with van der Waals surface area (Å²) in [7, 11) is 0. The van der Waals surface area contributed by atoms with Crippen molar-refractivity contribution in [2.75, 3.05) is 32.8 Å². The summed E-state index contributed by atoms with van der Waals surface area (Å²) in [5, 5.41) is 0. The molecule has 14 heavy (non-hydrogen) atoms. The van der Waals surface area contributed by atoms with Crippen LogP contribution < -0.4 is 0 Å². The summed E-state index contributed by atoms with van der Waals surface area (Å²) >= 11 is 0. The maximum absolute atomic E-state index is 11.2. The third-order valence-corrected chi connectivity index (χ3v) is 2.56. The van der Waals surface area contributed by atoms with Gasteiger partial charge in [-0.3, -0.25) is 9.69 Å². The van der Waals surface area contributed by atoms with Crippen LogP contribution in [0.15, 0.2) is 0 Å². The van der Waals surface area contributed by atoms with Gasteiger partial charge in [0.05, 0.1) is 13.2 Å². The van der Waals surface area contributed by atoms with Crippen LogP contribution in [0.1, 0.15) is 32.6 Å². The maximum atomic E-state index is 11.2. The average molecular weight is 199 g/mol. The van der Waals surface area contributed by atoms with Crippen molar-refractivity contribution in [3.05, 3.63) is 0 Å². The molecule has 0 atom stereocenters. The number of Topliss-reactive ketones (excluding diaryl/α,β-unsaturated/α-hetero) is 1. The first-order valence-electron chi connectivity index (χ1n) is 5.64. The fraction of sp³-hybridized carbons (Fsp3) is 0.909. The molecule has 0 aromatic rings. The van der Waals surface area contributed by atoms with E-state index in [0.717, 1.165) is 58.5 Å². The number of carbonyl (C=O) groups excluding carboxylic acids is 1. The molecule has 0 amide bonds. The summed E-state index contributed by atoms with van der Waals surface area (Å²) in [5.41, 5.74) is 0. The van der Waals surface area contributed by atoms with Crippen molar-refractivity contribution in [1.82, 2.24) is 4.90 Å². The highest BCUT2D eigenvalue weighted by atomic mass is 16.5. The van der Waals surface area contributed by atoms with Crippen LogP contribution in [0.25, 0.3) is 0 Å². The highest BCUT2D eigenvalue weighted by Gasteiger charge is 2.10. The molecule has 0 N–H and O–H groups in total. The number of rotatable bonds is 6. The van der Waals surface area contributed by atoms with E-state index < -0.39 is 0 Å². The Balaban J connectivity index is 1.99. The van der Waals surface area contributed by atoms with Crippen molar-refractivity contribution in [2.24, 2.45) is 0 Å². The Morgan fingerprint density at radius 3 is 2.64 bits per heavy atom. The zero-order valence-corrected chi connectivity index (χ0v) is 9.13. The maximum Gasteiger partial charge on any atom is 0.132 e. The lowest BCUT2D eigenvalue weighted by Crippen LogP contribution is -2.36. The minimum atomic E-state index is 0.417. The third kappa shape index (κ3) is 4.72. The minimum Gasteiger partial charge on any atom is -0.379 e. The standard InChI is InChI=1S/C11H21NO2/c1-2-4-11(13)5-3-6-12-7-9-14-10-8-12/h2-10H2,1H3. The number of hydrogen-bond donors (Lipinski definition) is 0. The summed E-state index contributed by atoms with van der Waals surface area (Å²) in [6.07, 6.45) is 3.50. The molecule has 0 bridgehead atoms. The zero-order chi connectivity index (χ0) is 10.2. The van der Waals surface area contributed by atoms with E-state index in [0.29, 0.717) is 5.78 Å². The Morgan fingerprint density at radius 1 is 1.29 bits per heavy atom. The van der Waals surface area contributed by atoms with Gasteiger partial charge in [-0.05, 0) is 19.4 Å². The number of ketones is 1. The number of morpholine rings is 1. The molecular weight excluding hydrogens is 178 g/mol. The zero-order valence-electron chi connectivity index (χ0n) is 9.13. The van der Waals surface area contributed by atoms with Crippen LogP contribution in [0.2, 0.25) is 0 Å². The van der Waals surface area contributed by atoms with Crippen molar-refractivity contribution < 1.29 is 9.53 Å². The number of ether oxygens (including phenoxy) is 1. The van der Waals surface area contributed by atoms with Crippen LogP contribution in [-0.4, -0.2) is 43.5 Å². The van der Waals surface area contributed by atoms with Crippen LogP contribution >= 0.6 is 0 Å². The Hall–Kier alpha value is -0.410. The number of carbonyl (C=O) groups is 1. The molecule has 0 aromatic carbocycles. The summed E-state index contributed by atoms with van der Waals surface area (Å²) in [4.78, 5) is 13.6. The van der Waals surface area contributed by atoms with E-state index in [1.807, 2.05) is 0 Å². The van der Waals surface area contributed by atoms with Crippen molar-refractivity contribution in [3.8, 4) is 0 Å². The summed E-state index contributed by atoms with van der Waals surface area (Å²) in [6.45, 7) is 6.87. The predicted octanol–water partition coefficient (Wildman–Crippen LogP) is 1.47. The van der Waals surface area contributed by atoms with Crippen LogP contribution in [0, 0.1) is 0 Å². The second kappa shape index (κ2) is 6.96. The van der Waals surface area contributed by atoms with Gasteiger partial charge in [0.2, 0.25) is 0 Å². The largest absolute Gasteiger partial charge is 0.379 e. The van der Waals surface area contributed by atoms with E-state index in [1.54, 1.807) is 0 Å². The monoisotopic (exact) mass is 199 g/mol. The van der Waals surface area contributed by atoms with E-state index in [1.165, 1.54) is 0 Å². The van der Waals surface area contributed by atoms with E-state index >= 15 is 0 Å². The summed E-state index contributed by atoms with van der Waals surface area (Å²) in [5.74, 6) is 0.417. The third-order valence-electron chi connectivity index (χ3n) is 2.56. The molecule has 0 spiro atoms. The van der Waals surface area contributed by atoms with Gasteiger partial charge in [0.15, 0.2) is 0 Å². The molecule has 0 saturated carbocycles. The topological polar surface area (TPSA) is 29.5 Å². The van der Waals surface area contributed by atoms with Crippen molar-refractivity contribution in [1.29, 1.82) is 0 Å². The molecule has 0 unspecified atom stereocenters. The lowest BCUT2D eigenvalue weighted by Gasteiger charge is -2.26. The second-order valence-electron chi connectivity index (χ2n) is 3.85. The molecule has 1 aliphatic rings. The smallest absolute Gasteiger partial charge is 0.132 e. The van der Waals surface area contributed by atoms with E-state index in [9.17, 15) is 4.79 Å². The predicted molar refractivity (Wildman–Crippen MR) is 56.4 cm³/mol. The molecule has 1 fully saturated rings. The van der Waals surface area contributed by atoms with Crippen LogP contribution in [-0.2, 0) is 9.53 Å². The van der Waals surface area contributed by atoms with Gasteiger partial charge in [-0.2, -0.15) is 0 Å². The normalized spacial score (nSPS) is 18.4. The van der Waals surface area contributed by atoms with Crippen LogP contribution in [0.3, 0.4) is 0 Å². The van der Waals surface area contributed by atoms with Gasteiger partial charge in [0.25, 0.3) is 0 Å². The molecule has 3 heteroatoms. The number of hydrogen-bond acceptors (Lipinski definition) is 3. The van der Waals surface area contributed by atoms with Crippen LogP contribution in [0.5, 0.6) is 0 Å². The van der Waals surface area contributed by atoms with Gasteiger partial charge in [-0.25, -0.2) is 0 Å². The Bertz CT molecular complexity index is 165. The molecule has 1 saturated heterocycles. The highest BCUT2D eigenvalue weighted by molar-refractivity contribution is 5.78. The van der Waals surface area contributed by atoms with E-state index in [4.69, 9.17) is 4.74 Å². The quantitative estimate of drug-likeness (QED) is 0.648. The number of nitrogens with zero attached hydrogens (tertiary/aromatic N) is 1. The molecule has 0 aliphatic carbocycles. The SMILES string of the molecule is CCCC(=O)CCCN1CCOCC1. The molecule has 1 heterocycles. The summed E-state index contributed by atoms with van der Waals surface area (Å²) < 4.78 is 5.26. The lowest BCUT2D eigenvalue weighted by atomic mass is 10.1. The molecule has 0 aromatic heterocycles. The fourth-order valence-corrected chi connectivity index (χ4v) is 1.73. The van der Waals surface area contributed by atoms with Crippen LogP contribution in [0.4, 0.5) is 0 Å². The van der Waals surface area contributed by atoms with Gasteiger partial charge in [-0.15, -0.1) is 0 Å². The second-order valence-corrected chi connectivity index (χ2v) is 3.85. The Labute approximate surface area is 86.4 Å². The van der Waals surface area contributed by atoms with Gasteiger partial charge >= 0.3 is 0 Å². The minimum absolute atomic E-state index is 0.417. The molecule has 3 nitrogen and oxygen atoms in total. The van der Waals surface area contributed by atoms with Gasteiger partial charge < -0.3 is 4.74 Å². The average Bonchev–Trinajstić information content (AvgIpc) is 2.20. The molecular formula is C11H21NO2. The van der Waals surface area contributed by atoms with Crippen molar-refractivity contribution >= 4 is 5.78 Å². The first-order chi connectivity index (χ1) is 6.83. The highest BCUT2D eigenvalue weighted by Crippen LogP contribution is 2.02.